The maximum absolute atomic E-state index is 13.7. The highest BCUT2D eigenvalue weighted by Gasteiger charge is 2.24. The van der Waals surface area contributed by atoms with Crippen molar-refractivity contribution in [3.63, 3.8) is 0 Å². The zero-order chi connectivity index (χ0) is 14.6. The number of rotatable bonds is 6. The Labute approximate surface area is 113 Å². The van der Waals surface area contributed by atoms with Crippen molar-refractivity contribution in [2.45, 2.75) is 31.6 Å². The Morgan fingerprint density at radius 3 is 2.53 bits per heavy atom. The lowest BCUT2D eigenvalue weighted by molar-refractivity contribution is 0.101. The number of Topliss-reactive ketones (excluding diaryl/α,β-unsaturated/α-hetero) is 1. The SMILES string of the molecule is CCCCN(C)S(=O)(=O)c1cc(C(C)=O)ccc1F. The molecule has 4 nitrogen and oxygen atoms in total. The zero-order valence-corrected chi connectivity index (χ0v) is 12.1. The monoisotopic (exact) mass is 287 g/mol. The lowest BCUT2D eigenvalue weighted by Gasteiger charge is -2.17. The largest absolute Gasteiger partial charge is 0.295 e. The molecule has 0 N–H and O–H groups in total. The quantitative estimate of drug-likeness (QED) is 0.755. The molecule has 0 aromatic heterocycles. The van der Waals surface area contributed by atoms with Crippen LogP contribution in [0.2, 0.25) is 0 Å². The zero-order valence-electron chi connectivity index (χ0n) is 11.3. The van der Waals surface area contributed by atoms with E-state index in [4.69, 9.17) is 0 Å². The molecule has 19 heavy (non-hydrogen) atoms. The average Bonchev–Trinajstić information content (AvgIpc) is 2.35. The van der Waals surface area contributed by atoms with Crippen molar-refractivity contribution in [2.24, 2.45) is 0 Å². The smallest absolute Gasteiger partial charge is 0.245 e. The van der Waals surface area contributed by atoms with Crippen molar-refractivity contribution in [3.05, 3.63) is 29.6 Å². The Morgan fingerprint density at radius 2 is 2.00 bits per heavy atom. The number of carbonyl (C=O) groups is 1. The van der Waals surface area contributed by atoms with Crippen LogP contribution in [0.1, 0.15) is 37.0 Å². The molecule has 0 radical (unpaired) electrons. The molecule has 0 aliphatic rings. The van der Waals surface area contributed by atoms with Gasteiger partial charge in [-0.2, -0.15) is 0 Å². The van der Waals surface area contributed by atoms with E-state index in [1.165, 1.54) is 20.0 Å². The molecule has 6 heteroatoms. The van der Waals surface area contributed by atoms with Gasteiger partial charge in [-0.15, -0.1) is 0 Å². The first-order valence-electron chi connectivity index (χ1n) is 6.07. The minimum atomic E-state index is -3.89. The van der Waals surface area contributed by atoms with E-state index in [-0.39, 0.29) is 11.3 Å². The number of unbranched alkanes of at least 4 members (excludes halogenated alkanes) is 1. The minimum absolute atomic E-state index is 0.184. The number of ketones is 1. The summed E-state index contributed by atoms with van der Waals surface area (Å²) in [7, 11) is -2.48. The first kappa shape index (κ1) is 15.8. The number of nitrogens with zero attached hydrogens (tertiary/aromatic N) is 1. The van der Waals surface area contributed by atoms with Gasteiger partial charge in [-0.1, -0.05) is 13.3 Å². The molecule has 0 fully saturated rings. The predicted octanol–water partition coefficient (Wildman–Crippen LogP) is 2.45. The van der Waals surface area contributed by atoms with Crippen LogP contribution in [0.4, 0.5) is 4.39 Å². The van der Waals surface area contributed by atoms with Gasteiger partial charge < -0.3 is 0 Å². The van der Waals surface area contributed by atoms with Crippen molar-refractivity contribution >= 4 is 15.8 Å². The Kier molecular flexibility index (Phi) is 5.20. The summed E-state index contributed by atoms with van der Waals surface area (Å²) in [6.45, 7) is 3.57. The third-order valence-electron chi connectivity index (χ3n) is 2.85. The molecule has 0 aliphatic heterocycles. The fourth-order valence-electron chi connectivity index (χ4n) is 1.59. The van der Waals surface area contributed by atoms with E-state index in [1.54, 1.807) is 0 Å². The van der Waals surface area contributed by atoms with Gasteiger partial charge in [-0.25, -0.2) is 17.1 Å². The molecule has 1 aromatic carbocycles. The summed E-state index contributed by atoms with van der Waals surface area (Å²) in [5.41, 5.74) is 0.184. The summed E-state index contributed by atoms with van der Waals surface area (Å²) < 4.78 is 39.2. The molecule has 0 aliphatic carbocycles. The molecule has 0 unspecified atom stereocenters. The number of hydrogen-bond donors (Lipinski definition) is 0. The van der Waals surface area contributed by atoms with Gasteiger partial charge in [-0.3, -0.25) is 4.79 Å². The highest BCUT2D eigenvalue weighted by molar-refractivity contribution is 7.89. The van der Waals surface area contributed by atoms with Crippen LogP contribution in [0.3, 0.4) is 0 Å². The molecule has 0 bridgehead atoms. The molecule has 0 saturated heterocycles. The van der Waals surface area contributed by atoms with E-state index >= 15 is 0 Å². The van der Waals surface area contributed by atoms with Gasteiger partial charge in [0, 0.05) is 19.2 Å². The maximum atomic E-state index is 13.7. The number of carbonyl (C=O) groups excluding carboxylic acids is 1. The van der Waals surface area contributed by atoms with Gasteiger partial charge in [0.25, 0.3) is 0 Å². The normalized spacial score (nSPS) is 11.8. The van der Waals surface area contributed by atoms with Gasteiger partial charge in [0.1, 0.15) is 10.7 Å². The third kappa shape index (κ3) is 3.61. The van der Waals surface area contributed by atoms with E-state index in [9.17, 15) is 17.6 Å². The van der Waals surface area contributed by atoms with E-state index < -0.39 is 20.7 Å². The lowest BCUT2D eigenvalue weighted by Crippen LogP contribution is -2.28. The Morgan fingerprint density at radius 1 is 1.37 bits per heavy atom. The van der Waals surface area contributed by atoms with E-state index in [0.29, 0.717) is 13.0 Å². The van der Waals surface area contributed by atoms with Crippen LogP contribution in [-0.2, 0) is 10.0 Å². The Hall–Kier alpha value is -1.27. The number of hydrogen-bond acceptors (Lipinski definition) is 3. The molecule has 0 atom stereocenters. The van der Waals surface area contributed by atoms with Crippen LogP contribution in [0.5, 0.6) is 0 Å². The lowest BCUT2D eigenvalue weighted by atomic mass is 10.1. The highest BCUT2D eigenvalue weighted by Crippen LogP contribution is 2.20. The highest BCUT2D eigenvalue weighted by atomic mass is 32.2. The summed E-state index contributed by atoms with van der Waals surface area (Å²) in [5.74, 6) is -1.14. The van der Waals surface area contributed by atoms with Gasteiger partial charge in [-0.05, 0) is 31.5 Å². The van der Waals surface area contributed by atoms with Crippen LogP contribution in [0.15, 0.2) is 23.1 Å². The van der Waals surface area contributed by atoms with E-state index in [2.05, 4.69) is 0 Å². The second kappa shape index (κ2) is 6.25. The number of benzene rings is 1. The number of halogens is 1. The number of sulfonamides is 1. The predicted molar refractivity (Wildman–Crippen MR) is 71.1 cm³/mol. The fourth-order valence-corrected chi connectivity index (χ4v) is 2.88. The molecule has 0 spiro atoms. The van der Waals surface area contributed by atoms with Gasteiger partial charge in [0.2, 0.25) is 10.0 Å². The standard InChI is InChI=1S/C13H18FNO3S/c1-4-5-8-15(3)19(17,18)13-9-11(10(2)16)6-7-12(13)14/h6-7,9H,4-5,8H2,1-3H3. The van der Waals surface area contributed by atoms with Crippen molar-refractivity contribution in [1.82, 2.24) is 4.31 Å². The first-order chi connectivity index (χ1) is 8.80. The summed E-state index contributed by atoms with van der Waals surface area (Å²) in [6, 6.07) is 3.38. The molecular weight excluding hydrogens is 269 g/mol. The van der Waals surface area contributed by atoms with Crippen LogP contribution in [-0.4, -0.2) is 32.1 Å². The van der Waals surface area contributed by atoms with Crippen molar-refractivity contribution in [2.75, 3.05) is 13.6 Å². The van der Waals surface area contributed by atoms with Crippen LogP contribution < -0.4 is 0 Å². The van der Waals surface area contributed by atoms with Crippen molar-refractivity contribution in [3.8, 4) is 0 Å². The summed E-state index contributed by atoms with van der Waals surface area (Å²) >= 11 is 0. The summed E-state index contributed by atoms with van der Waals surface area (Å²) in [6.07, 6.45) is 1.54. The Balaban J connectivity index is 3.20. The van der Waals surface area contributed by atoms with Crippen LogP contribution >= 0.6 is 0 Å². The molecule has 106 valence electrons. The molecule has 1 aromatic rings. The van der Waals surface area contributed by atoms with Crippen molar-refractivity contribution in [1.29, 1.82) is 0 Å². The average molecular weight is 287 g/mol. The van der Waals surface area contributed by atoms with Crippen LogP contribution in [0.25, 0.3) is 0 Å². The summed E-state index contributed by atoms with van der Waals surface area (Å²) in [5, 5.41) is 0. The first-order valence-corrected chi connectivity index (χ1v) is 7.51. The van der Waals surface area contributed by atoms with Crippen molar-refractivity contribution < 1.29 is 17.6 Å². The van der Waals surface area contributed by atoms with E-state index in [1.807, 2.05) is 6.92 Å². The summed E-state index contributed by atoms with van der Waals surface area (Å²) in [4.78, 5) is 10.8. The Bertz CT molecular complexity index is 569. The second-order valence-corrected chi connectivity index (χ2v) is 6.39. The minimum Gasteiger partial charge on any atom is -0.295 e. The van der Waals surface area contributed by atoms with Gasteiger partial charge in [0.05, 0.1) is 0 Å². The second-order valence-electron chi connectivity index (χ2n) is 4.38. The molecule has 1 rings (SSSR count). The van der Waals surface area contributed by atoms with Gasteiger partial charge >= 0.3 is 0 Å². The van der Waals surface area contributed by atoms with Crippen LogP contribution in [0, 0.1) is 5.82 Å². The molecule has 0 heterocycles. The van der Waals surface area contributed by atoms with Gasteiger partial charge in [0.15, 0.2) is 5.78 Å². The topological polar surface area (TPSA) is 54.5 Å². The fraction of sp³-hybridized carbons (Fsp3) is 0.462. The maximum Gasteiger partial charge on any atom is 0.245 e. The third-order valence-corrected chi connectivity index (χ3v) is 4.72. The molecule has 0 amide bonds. The molecule has 0 saturated carbocycles. The molecular formula is C13H18FNO3S. The van der Waals surface area contributed by atoms with E-state index in [0.717, 1.165) is 22.9 Å².